The highest BCUT2D eigenvalue weighted by Gasteiger charge is 2.14. The Morgan fingerprint density at radius 3 is 2.95 bits per heavy atom. The Balaban J connectivity index is 1.85. The SMILES string of the molecule is Cc1nc(NC(=O)c2ccco2)sc1-c1cccnc1. The molecule has 3 aromatic heterocycles. The van der Waals surface area contributed by atoms with E-state index in [2.05, 4.69) is 15.3 Å². The minimum Gasteiger partial charge on any atom is -0.459 e. The van der Waals surface area contributed by atoms with Gasteiger partial charge in [0.15, 0.2) is 10.9 Å². The summed E-state index contributed by atoms with van der Waals surface area (Å²) in [6.07, 6.45) is 4.96. The summed E-state index contributed by atoms with van der Waals surface area (Å²) in [5, 5.41) is 3.27. The summed E-state index contributed by atoms with van der Waals surface area (Å²) in [7, 11) is 0. The Labute approximate surface area is 119 Å². The molecule has 100 valence electrons. The quantitative estimate of drug-likeness (QED) is 0.801. The van der Waals surface area contributed by atoms with E-state index in [0.29, 0.717) is 5.13 Å². The van der Waals surface area contributed by atoms with Gasteiger partial charge in [-0.15, -0.1) is 0 Å². The largest absolute Gasteiger partial charge is 0.459 e. The average Bonchev–Trinajstić information content (AvgIpc) is 3.09. The van der Waals surface area contributed by atoms with Crippen molar-refractivity contribution in [2.24, 2.45) is 0 Å². The monoisotopic (exact) mass is 285 g/mol. The van der Waals surface area contributed by atoms with Crippen LogP contribution in [0.25, 0.3) is 10.4 Å². The fourth-order valence-corrected chi connectivity index (χ4v) is 2.73. The number of carbonyl (C=O) groups is 1. The fourth-order valence-electron chi connectivity index (χ4n) is 1.78. The first kappa shape index (κ1) is 12.6. The van der Waals surface area contributed by atoms with Crippen LogP contribution < -0.4 is 5.32 Å². The Bertz CT molecular complexity index is 720. The van der Waals surface area contributed by atoms with Gasteiger partial charge in [0, 0.05) is 18.0 Å². The number of hydrogen-bond donors (Lipinski definition) is 1. The van der Waals surface area contributed by atoms with E-state index >= 15 is 0 Å². The van der Waals surface area contributed by atoms with Crippen LogP contribution in [0.4, 0.5) is 5.13 Å². The van der Waals surface area contributed by atoms with E-state index < -0.39 is 0 Å². The zero-order valence-electron chi connectivity index (χ0n) is 10.7. The first-order valence-corrected chi connectivity index (χ1v) is 6.78. The second-order valence-electron chi connectivity index (χ2n) is 4.11. The second-order valence-corrected chi connectivity index (χ2v) is 5.11. The summed E-state index contributed by atoms with van der Waals surface area (Å²) in [6, 6.07) is 7.11. The molecular weight excluding hydrogens is 274 g/mol. The molecule has 0 aromatic carbocycles. The third-order valence-corrected chi connectivity index (χ3v) is 3.81. The minimum absolute atomic E-state index is 0.265. The Morgan fingerprint density at radius 2 is 2.25 bits per heavy atom. The van der Waals surface area contributed by atoms with E-state index in [9.17, 15) is 4.79 Å². The number of anilines is 1. The Morgan fingerprint density at radius 1 is 1.35 bits per heavy atom. The lowest BCUT2D eigenvalue weighted by atomic mass is 10.2. The first-order valence-electron chi connectivity index (χ1n) is 5.97. The highest BCUT2D eigenvalue weighted by molar-refractivity contribution is 7.19. The maximum atomic E-state index is 11.9. The zero-order chi connectivity index (χ0) is 13.9. The van der Waals surface area contributed by atoms with E-state index in [-0.39, 0.29) is 11.7 Å². The first-order chi connectivity index (χ1) is 9.74. The molecule has 0 unspecified atom stereocenters. The number of nitrogens with zero attached hydrogens (tertiary/aromatic N) is 2. The number of aromatic nitrogens is 2. The molecule has 0 bridgehead atoms. The maximum Gasteiger partial charge on any atom is 0.293 e. The second kappa shape index (κ2) is 5.26. The normalized spacial score (nSPS) is 10.4. The lowest BCUT2D eigenvalue weighted by molar-refractivity contribution is 0.0996. The zero-order valence-corrected chi connectivity index (χ0v) is 11.5. The van der Waals surface area contributed by atoms with Crippen LogP contribution in [0.2, 0.25) is 0 Å². The lowest BCUT2D eigenvalue weighted by Crippen LogP contribution is -2.10. The molecule has 0 saturated heterocycles. The van der Waals surface area contributed by atoms with Crippen LogP contribution in [0.3, 0.4) is 0 Å². The molecule has 0 atom stereocenters. The summed E-state index contributed by atoms with van der Waals surface area (Å²) in [6.45, 7) is 1.90. The van der Waals surface area contributed by atoms with Crippen LogP contribution in [0, 0.1) is 6.92 Å². The number of rotatable bonds is 3. The van der Waals surface area contributed by atoms with Crippen molar-refractivity contribution < 1.29 is 9.21 Å². The van der Waals surface area contributed by atoms with E-state index in [1.807, 2.05) is 19.1 Å². The Kier molecular flexibility index (Phi) is 3.30. The van der Waals surface area contributed by atoms with Crippen LogP contribution in [-0.2, 0) is 0 Å². The van der Waals surface area contributed by atoms with Crippen molar-refractivity contribution in [3.63, 3.8) is 0 Å². The van der Waals surface area contributed by atoms with E-state index in [1.165, 1.54) is 17.6 Å². The number of amides is 1. The highest BCUT2D eigenvalue weighted by atomic mass is 32.1. The van der Waals surface area contributed by atoms with Gasteiger partial charge in [-0.25, -0.2) is 4.98 Å². The van der Waals surface area contributed by atoms with Gasteiger partial charge in [0.1, 0.15) is 0 Å². The summed E-state index contributed by atoms with van der Waals surface area (Å²) in [5.41, 5.74) is 1.85. The molecule has 5 nitrogen and oxygen atoms in total. The molecule has 0 aliphatic carbocycles. The van der Waals surface area contributed by atoms with Gasteiger partial charge in [0.25, 0.3) is 5.91 Å². The number of thiazole rings is 1. The lowest BCUT2D eigenvalue weighted by Gasteiger charge is -1.97. The van der Waals surface area contributed by atoms with Crippen LogP contribution in [0.1, 0.15) is 16.2 Å². The molecule has 6 heteroatoms. The minimum atomic E-state index is -0.304. The van der Waals surface area contributed by atoms with Crippen molar-refractivity contribution in [3.8, 4) is 10.4 Å². The molecule has 0 fully saturated rings. The van der Waals surface area contributed by atoms with Crippen LogP contribution in [-0.4, -0.2) is 15.9 Å². The number of furan rings is 1. The van der Waals surface area contributed by atoms with E-state index in [1.54, 1.807) is 24.5 Å². The highest BCUT2D eigenvalue weighted by Crippen LogP contribution is 2.32. The third-order valence-electron chi connectivity index (χ3n) is 2.69. The fraction of sp³-hybridized carbons (Fsp3) is 0.0714. The summed E-state index contributed by atoms with van der Waals surface area (Å²) in [4.78, 5) is 21.3. The van der Waals surface area contributed by atoms with Crippen LogP contribution in [0.5, 0.6) is 0 Å². The van der Waals surface area contributed by atoms with Crippen molar-refractivity contribution in [1.82, 2.24) is 9.97 Å². The molecule has 0 spiro atoms. The van der Waals surface area contributed by atoms with Gasteiger partial charge < -0.3 is 4.42 Å². The number of aryl methyl sites for hydroxylation is 1. The molecule has 3 rings (SSSR count). The predicted molar refractivity (Wildman–Crippen MR) is 76.7 cm³/mol. The Hall–Kier alpha value is -2.47. The smallest absolute Gasteiger partial charge is 0.293 e. The van der Waals surface area contributed by atoms with Gasteiger partial charge in [-0.2, -0.15) is 0 Å². The van der Waals surface area contributed by atoms with Gasteiger partial charge in [0.2, 0.25) is 0 Å². The number of pyridine rings is 1. The van der Waals surface area contributed by atoms with Crippen molar-refractivity contribution >= 4 is 22.4 Å². The molecule has 3 aromatic rings. The van der Waals surface area contributed by atoms with Crippen LogP contribution in [0.15, 0.2) is 47.3 Å². The molecule has 0 aliphatic heterocycles. The van der Waals surface area contributed by atoms with E-state index in [4.69, 9.17) is 4.42 Å². The van der Waals surface area contributed by atoms with Gasteiger partial charge in [-0.3, -0.25) is 15.1 Å². The molecule has 1 amide bonds. The number of carbonyl (C=O) groups excluding carboxylic acids is 1. The van der Waals surface area contributed by atoms with Gasteiger partial charge in [-0.1, -0.05) is 17.4 Å². The predicted octanol–water partition coefficient (Wildman–Crippen LogP) is 3.36. The molecule has 1 N–H and O–H groups in total. The van der Waals surface area contributed by atoms with E-state index in [0.717, 1.165) is 16.1 Å². The average molecular weight is 285 g/mol. The van der Waals surface area contributed by atoms with Gasteiger partial charge in [0.05, 0.1) is 16.8 Å². The van der Waals surface area contributed by atoms with Crippen molar-refractivity contribution in [1.29, 1.82) is 0 Å². The summed E-state index contributed by atoms with van der Waals surface area (Å²) >= 11 is 1.41. The maximum absolute atomic E-state index is 11.9. The summed E-state index contributed by atoms with van der Waals surface area (Å²) < 4.78 is 5.04. The van der Waals surface area contributed by atoms with Crippen LogP contribution >= 0.6 is 11.3 Å². The topological polar surface area (TPSA) is 68.0 Å². The van der Waals surface area contributed by atoms with Crippen molar-refractivity contribution in [2.75, 3.05) is 5.32 Å². The van der Waals surface area contributed by atoms with Gasteiger partial charge >= 0.3 is 0 Å². The van der Waals surface area contributed by atoms with Crippen molar-refractivity contribution in [3.05, 3.63) is 54.4 Å². The van der Waals surface area contributed by atoms with Gasteiger partial charge in [-0.05, 0) is 25.1 Å². The standard InChI is InChI=1S/C14H11N3O2S/c1-9-12(10-4-2-6-15-8-10)20-14(16-9)17-13(18)11-5-3-7-19-11/h2-8H,1H3,(H,16,17,18). The molecule has 0 saturated carbocycles. The third kappa shape index (κ3) is 2.46. The molecular formula is C14H11N3O2S. The number of hydrogen-bond acceptors (Lipinski definition) is 5. The summed E-state index contributed by atoms with van der Waals surface area (Å²) in [5.74, 6) is -0.0396. The molecule has 20 heavy (non-hydrogen) atoms. The molecule has 0 radical (unpaired) electrons. The number of nitrogens with one attached hydrogen (secondary N) is 1. The molecule has 0 aliphatic rings. The van der Waals surface area contributed by atoms with Crippen molar-refractivity contribution in [2.45, 2.75) is 6.92 Å². The molecule has 3 heterocycles.